The summed E-state index contributed by atoms with van der Waals surface area (Å²) in [5, 5.41) is 6.66. The quantitative estimate of drug-likeness (QED) is 0.893. The number of carbonyl (C=O) groups excluding carboxylic acids is 1. The van der Waals surface area contributed by atoms with Crippen molar-refractivity contribution in [1.29, 1.82) is 0 Å². The van der Waals surface area contributed by atoms with Gasteiger partial charge in [0.1, 0.15) is 0 Å². The molecule has 0 saturated carbocycles. The van der Waals surface area contributed by atoms with Crippen LogP contribution in [0.25, 0.3) is 0 Å². The average molecular weight is 301 g/mol. The first-order valence-corrected chi connectivity index (χ1v) is 8.48. The lowest BCUT2D eigenvalue weighted by atomic mass is 9.90. The van der Waals surface area contributed by atoms with E-state index in [1.807, 2.05) is 13.0 Å². The Bertz CT molecular complexity index is 496. The van der Waals surface area contributed by atoms with Crippen molar-refractivity contribution < 1.29 is 4.79 Å². The van der Waals surface area contributed by atoms with E-state index < -0.39 is 0 Å². The number of rotatable bonds is 4. The van der Waals surface area contributed by atoms with Crippen LogP contribution in [0.2, 0.25) is 0 Å². The van der Waals surface area contributed by atoms with Crippen molar-refractivity contribution in [3.63, 3.8) is 0 Å². The van der Waals surface area contributed by atoms with Gasteiger partial charge in [0.25, 0.3) is 0 Å². The van der Waals surface area contributed by atoms with Crippen molar-refractivity contribution in [3.05, 3.63) is 35.9 Å². The molecule has 22 heavy (non-hydrogen) atoms. The van der Waals surface area contributed by atoms with Crippen LogP contribution in [0.3, 0.4) is 0 Å². The Morgan fingerprint density at radius 3 is 2.91 bits per heavy atom. The number of nitrogens with zero attached hydrogens (tertiary/aromatic N) is 1. The summed E-state index contributed by atoms with van der Waals surface area (Å²) in [6.07, 6.45) is 4.31. The Labute approximate surface area is 133 Å². The highest BCUT2D eigenvalue weighted by molar-refractivity contribution is 5.86. The van der Waals surface area contributed by atoms with Crippen LogP contribution >= 0.6 is 0 Å². The molecule has 4 nitrogen and oxygen atoms in total. The molecular weight excluding hydrogens is 274 g/mol. The second-order valence-electron chi connectivity index (χ2n) is 6.90. The number of piperidine rings is 1. The van der Waals surface area contributed by atoms with Gasteiger partial charge in [0, 0.05) is 25.7 Å². The number of nitrogens with one attached hydrogen (secondary N) is 2. The van der Waals surface area contributed by atoms with E-state index in [-0.39, 0.29) is 17.5 Å². The maximum Gasteiger partial charge on any atom is 0.240 e. The Kier molecular flexibility index (Phi) is 4.79. The number of likely N-dealkylation sites (tertiary alicyclic amines) is 1. The van der Waals surface area contributed by atoms with Crippen molar-refractivity contribution in [2.45, 2.75) is 50.7 Å². The fourth-order valence-corrected chi connectivity index (χ4v) is 3.53. The molecular formula is C18H27N3O. The molecule has 3 rings (SSSR count). The van der Waals surface area contributed by atoms with Crippen molar-refractivity contribution in [3.8, 4) is 0 Å². The molecule has 2 atom stereocenters. The fourth-order valence-electron chi connectivity index (χ4n) is 3.53. The van der Waals surface area contributed by atoms with Crippen LogP contribution in [0, 0.1) is 0 Å². The first-order chi connectivity index (χ1) is 10.7. The molecule has 2 N–H and O–H groups in total. The van der Waals surface area contributed by atoms with Gasteiger partial charge in [0.15, 0.2) is 0 Å². The molecule has 2 fully saturated rings. The highest BCUT2D eigenvalue weighted by Crippen LogP contribution is 2.20. The van der Waals surface area contributed by atoms with E-state index in [4.69, 9.17) is 0 Å². The predicted molar refractivity (Wildman–Crippen MR) is 88.5 cm³/mol. The number of hydrogen-bond donors (Lipinski definition) is 2. The summed E-state index contributed by atoms with van der Waals surface area (Å²) < 4.78 is 0. The van der Waals surface area contributed by atoms with Gasteiger partial charge in [0.05, 0.1) is 5.54 Å². The van der Waals surface area contributed by atoms with E-state index in [0.717, 1.165) is 45.4 Å². The van der Waals surface area contributed by atoms with Crippen molar-refractivity contribution in [2.24, 2.45) is 0 Å². The lowest BCUT2D eigenvalue weighted by molar-refractivity contribution is -0.128. The largest absolute Gasteiger partial charge is 0.350 e. The second kappa shape index (κ2) is 6.80. The smallest absolute Gasteiger partial charge is 0.240 e. The molecule has 0 aromatic heterocycles. The van der Waals surface area contributed by atoms with Crippen molar-refractivity contribution in [2.75, 3.05) is 19.6 Å². The molecule has 1 amide bonds. The van der Waals surface area contributed by atoms with Crippen LogP contribution in [0.5, 0.6) is 0 Å². The van der Waals surface area contributed by atoms with Gasteiger partial charge < -0.3 is 10.6 Å². The maximum atomic E-state index is 12.5. The van der Waals surface area contributed by atoms with E-state index in [2.05, 4.69) is 39.8 Å². The Balaban J connectivity index is 1.49. The standard InChI is InChI=1S/C18H27N3O/c1-18(10-5-6-11-19-18)17(22)20-16-9-12-21(14-16)13-15-7-3-2-4-8-15/h2-4,7-8,16,19H,5-6,9-14H2,1H3,(H,20,22). The first-order valence-electron chi connectivity index (χ1n) is 8.48. The Morgan fingerprint density at radius 2 is 2.18 bits per heavy atom. The normalized spacial score (nSPS) is 29.4. The average Bonchev–Trinajstić information content (AvgIpc) is 2.96. The third kappa shape index (κ3) is 3.68. The van der Waals surface area contributed by atoms with E-state index in [0.29, 0.717) is 0 Å². The minimum atomic E-state index is -0.370. The molecule has 2 saturated heterocycles. The molecule has 2 heterocycles. The van der Waals surface area contributed by atoms with Gasteiger partial charge in [-0.3, -0.25) is 9.69 Å². The summed E-state index contributed by atoms with van der Waals surface area (Å²) in [6, 6.07) is 10.8. The Hall–Kier alpha value is -1.39. The SMILES string of the molecule is CC1(C(=O)NC2CCN(Cc3ccccc3)C2)CCCCN1. The third-order valence-electron chi connectivity index (χ3n) is 4.98. The van der Waals surface area contributed by atoms with E-state index in [1.54, 1.807) is 0 Å². The molecule has 2 unspecified atom stereocenters. The van der Waals surface area contributed by atoms with Crippen LogP contribution in [-0.2, 0) is 11.3 Å². The van der Waals surface area contributed by atoms with Gasteiger partial charge in [-0.05, 0) is 44.7 Å². The molecule has 1 aromatic rings. The van der Waals surface area contributed by atoms with Crippen LogP contribution in [0.1, 0.15) is 38.2 Å². The maximum absolute atomic E-state index is 12.5. The molecule has 0 radical (unpaired) electrons. The molecule has 4 heteroatoms. The van der Waals surface area contributed by atoms with Crippen molar-refractivity contribution in [1.82, 2.24) is 15.5 Å². The van der Waals surface area contributed by atoms with Gasteiger partial charge >= 0.3 is 0 Å². The summed E-state index contributed by atoms with van der Waals surface area (Å²) >= 11 is 0. The monoisotopic (exact) mass is 301 g/mol. The lowest BCUT2D eigenvalue weighted by Crippen LogP contribution is -2.58. The van der Waals surface area contributed by atoms with E-state index in [1.165, 1.54) is 12.0 Å². The highest BCUT2D eigenvalue weighted by Gasteiger charge is 2.36. The molecule has 0 spiro atoms. The summed E-state index contributed by atoms with van der Waals surface area (Å²) in [4.78, 5) is 15.0. The summed E-state index contributed by atoms with van der Waals surface area (Å²) in [5.74, 6) is 0.179. The molecule has 2 aliphatic heterocycles. The number of hydrogen-bond acceptors (Lipinski definition) is 3. The summed E-state index contributed by atoms with van der Waals surface area (Å²) in [5.41, 5.74) is 0.973. The van der Waals surface area contributed by atoms with Gasteiger partial charge in [0.2, 0.25) is 5.91 Å². The predicted octanol–water partition coefficient (Wildman–Crippen LogP) is 1.91. The number of benzene rings is 1. The third-order valence-corrected chi connectivity index (χ3v) is 4.98. The van der Waals surface area contributed by atoms with Crippen LogP contribution < -0.4 is 10.6 Å². The summed E-state index contributed by atoms with van der Waals surface area (Å²) in [7, 11) is 0. The fraction of sp³-hybridized carbons (Fsp3) is 0.611. The molecule has 0 bridgehead atoms. The summed E-state index contributed by atoms with van der Waals surface area (Å²) in [6.45, 7) is 5.98. The van der Waals surface area contributed by atoms with Crippen LogP contribution in [-0.4, -0.2) is 42.0 Å². The number of carbonyl (C=O) groups is 1. The van der Waals surface area contributed by atoms with E-state index in [9.17, 15) is 4.79 Å². The van der Waals surface area contributed by atoms with Crippen LogP contribution in [0.4, 0.5) is 0 Å². The van der Waals surface area contributed by atoms with Gasteiger partial charge in [-0.15, -0.1) is 0 Å². The van der Waals surface area contributed by atoms with Gasteiger partial charge in [-0.25, -0.2) is 0 Å². The molecule has 0 aliphatic carbocycles. The van der Waals surface area contributed by atoms with Gasteiger partial charge in [-0.2, -0.15) is 0 Å². The van der Waals surface area contributed by atoms with Gasteiger partial charge in [-0.1, -0.05) is 30.3 Å². The molecule has 2 aliphatic rings. The zero-order chi connectivity index (χ0) is 15.4. The second-order valence-corrected chi connectivity index (χ2v) is 6.90. The zero-order valence-corrected chi connectivity index (χ0v) is 13.5. The van der Waals surface area contributed by atoms with Crippen LogP contribution in [0.15, 0.2) is 30.3 Å². The van der Waals surface area contributed by atoms with Crippen molar-refractivity contribution >= 4 is 5.91 Å². The van der Waals surface area contributed by atoms with E-state index >= 15 is 0 Å². The topological polar surface area (TPSA) is 44.4 Å². The number of amides is 1. The lowest BCUT2D eigenvalue weighted by Gasteiger charge is -2.34. The molecule has 120 valence electrons. The first kappa shape index (κ1) is 15.5. The minimum Gasteiger partial charge on any atom is -0.350 e. The molecule has 1 aromatic carbocycles. The minimum absolute atomic E-state index is 0.179. The highest BCUT2D eigenvalue weighted by atomic mass is 16.2. The zero-order valence-electron chi connectivity index (χ0n) is 13.5. The Morgan fingerprint density at radius 1 is 1.36 bits per heavy atom.